The fourth-order valence-corrected chi connectivity index (χ4v) is 2.07. The molecule has 0 saturated heterocycles. The quantitative estimate of drug-likeness (QED) is 0.915. The number of hydrogen-bond donors (Lipinski definition) is 1. The van der Waals surface area contributed by atoms with Gasteiger partial charge in [-0.15, -0.1) is 0 Å². The first kappa shape index (κ1) is 13.0. The summed E-state index contributed by atoms with van der Waals surface area (Å²) in [6.45, 7) is 0.177. The second-order valence-corrected chi connectivity index (χ2v) is 4.86. The van der Waals surface area contributed by atoms with E-state index in [-0.39, 0.29) is 17.4 Å². The molecule has 1 aromatic carbocycles. The molecule has 1 heterocycles. The smallest absolute Gasteiger partial charge is 0.295 e. The van der Waals surface area contributed by atoms with Crippen molar-refractivity contribution in [2.24, 2.45) is 0 Å². The van der Waals surface area contributed by atoms with Crippen LogP contribution in [0.25, 0.3) is 0 Å². The lowest BCUT2D eigenvalue weighted by Crippen LogP contribution is -2.30. The third-order valence-corrected chi connectivity index (χ3v) is 3.33. The van der Waals surface area contributed by atoms with Gasteiger partial charge in [0, 0.05) is 10.7 Å². The fraction of sp³-hybridized carbons (Fsp3) is 0.0909. The summed E-state index contributed by atoms with van der Waals surface area (Å²) in [6, 6.07) is 4.14. The molecule has 0 unspecified atom stereocenters. The van der Waals surface area contributed by atoms with Crippen LogP contribution in [0.1, 0.15) is 5.56 Å². The van der Waals surface area contributed by atoms with Gasteiger partial charge in [0.25, 0.3) is 5.56 Å². The Morgan fingerprint density at radius 3 is 2.78 bits per heavy atom. The number of nitrogens with zero attached hydrogens (tertiary/aromatic N) is 1. The van der Waals surface area contributed by atoms with Gasteiger partial charge in [-0.05, 0) is 17.7 Å². The van der Waals surface area contributed by atoms with Gasteiger partial charge in [0.1, 0.15) is 10.8 Å². The molecule has 0 aliphatic heterocycles. The molecule has 0 saturated carbocycles. The molecule has 94 valence electrons. The van der Waals surface area contributed by atoms with E-state index in [1.165, 1.54) is 22.9 Å². The average molecular weight is 334 g/mol. The van der Waals surface area contributed by atoms with Crippen LogP contribution in [0, 0.1) is 5.82 Å². The Hall–Kier alpha value is -1.40. The van der Waals surface area contributed by atoms with Gasteiger partial charge in [-0.25, -0.2) is 9.18 Å². The van der Waals surface area contributed by atoms with Crippen molar-refractivity contribution in [1.29, 1.82) is 0 Å². The van der Waals surface area contributed by atoms with E-state index in [0.717, 1.165) is 0 Å². The number of nitrogens with one attached hydrogen (secondary N) is 1. The second kappa shape index (κ2) is 5.07. The largest absolute Gasteiger partial charge is 0.328 e. The molecular formula is C11H7BrClFN2O2. The van der Waals surface area contributed by atoms with Gasteiger partial charge in [0.05, 0.1) is 6.54 Å². The lowest BCUT2D eigenvalue weighted by atomic mass is 10.2. The lowest BCUT2D eigenvalue weighted by molar-refractivity contribution is 0.624. The SMILES string of the molecule is O=c1[nH]c(=O)n(Cc2ccc(F)cc2Br)cc1Cl. The van der Waals surface area contributed by atoms with Gasteiger partial charge in [-0.3, -0.25) is 14.3 Å². The molecule has 2 rings (SSSR count). The summed E-state index contributed by atoms with van der Waals surface area (Å²) < 4.78 is 14.7. The summed E-state index contributed by atoms with van der Waals surface area (Å²) in [4.78, 5) is 24.7. The Morgan fingerprint density at radius 1 is 1.39 bits per heavy atom. The summed E-state index contributed by atoms with van der Waals surface area (Å²) in [7, 11) is 0. The van der Waals surface area contributed by atoms with E-state index in [4.69, 9.17) is 11.6 Å². The Bertz CT molecular complexity index is 711. The minimum absolute atomic E-state index is 0.0761. The van der Waals surface area contributed by atoms with E-state index in [1.54, 1.807) is 6.07 Å². The van der Waals surface area contributed by atoms with Crippen molar-refractivity contribution in [2.75, 3.05) is 0 Å². The van der Waals surface area contributed by atoms with E-state index in [0.29, 0.717) is 10.0 Å². The molecule has 0 amide bonds. The van der Waals surface area contributed by atoms with E-state index >= 15 is 0 Å². The molecule has 0 radical (unpaired) electrons. The number of hydrogen-bond acceptors (Lipinski definition) is 2. The first-order valence-electron chi connectivity index (χ1n) is 4.90. The molecule has 7 heteroatoms. The predicted molar refractivity (Wildman–Crippen MR) is 69.5 cm³/mol. The van der Waals surface area contributed by atoms with Crippen LogP contribution in [-0.2, 0) is 6.54 Å². The molecule has 0 spiro atoms. The lowest BCUT2D eigenvalue weighted by Gasteiger charge is -2.07. The summed E-state index contributed by atoms with van der Waals surface area (Å²) in [6.07, 6.45) is 1.25. The maximum atomic E-state index is 12.9. The molecule has 0 bridgehead atoms. The summed E-state index contributed by atoms with van der Waals surface area (Å²) in [5.41, 5.74) is -0.502. The summed E-state index contributed by atoms with van der Waals surface area (Å²) in [5, 5.41) is -0.0761. The van der Waals surface area contributed by atoms with Crippen molar-refractivity contribution in [1.82, 2.24) is 9.55 Å². The molecular weight excluding hydrogens is 326 g/mol. The summed E-state index contributed by atoms with van der Waals surface area (Å²) >= 11 is 8.84. The topological polar surface area (TPSA) is 54.9 Å². The minimum atomic E-state index is -0.629. The van der Waals surface area contributed by atoms with Gasteiger partial charge in [-0.2, -0.15) is 0 Å². The second-order valence-electron chi connectivity index (χ2n) is 3.60. The molecule has 4 nitrogen and oxygen atoms in total. The van der Waals surface area contributed by atoms with Crippen molar-refractivity contribution < 1.29 is 4.39 Å². The number of halogens is 3. The van der Waals surface area contributed by atoms with Crippen LogP contribution in [0.5, 0.6) is 0 Å². The summed E-state index contributed by atoms with van der Waals surface area (Å²) in [5.74, 6) is -0.377. The van der Waals surface area contributed by atoms with Crippen LogP contribution in [-0.4, -0.2) is 9.55 Å². The number of aromatic amines is 1. The monoisotopic (exact) mass is 332 g/mol. The van der Waals surface area contributed by atoms with Gasteiger partial charge in [0.2, 0.25) is 0 Å². The predicted octanol–water partition coefficient (Wildman–Crippen LogP) is 2.14. The Balaban J connectivity index is 2.43. The third kappa shape index (κ3) is 2.70. The van der Waals surface area contributed by atoms with Crippen molar-refractivity contribution in [3.63, 3.8) is 0 Å². The Kier molecular flexibility index (Phi) is 3.68. The minimum Gasteiger partial charge on any atom is -0.295 e. The van der Waals surface area contributed by atoms with Crippen LogP contribution < -0.4 is 11.2 Å². The van der Waals surface area contributed by atoms with E-state index < -0.39 is 11.2 Å². The first-order valence-corrected chi connectivity index (χ1v) is 6.07. The highest BCUT2D eigenvalue weighted by atomic mass is 79.9. The molecule has 0 atom stereocenters. The van der Waals surface area contributed by atoms with Crippen molar-refractivity contribution >= 4 is 27.5 Å². The standard InChI is InChI=1S/C11H7BrClFN2O2/c12-8-3-7(14)2-1-6(8)4-16-5-9(13)10(17)15-11(16)18/h1-3,5H,4H2,(H,15,17,18). The number of H-pyrrole nitrogens is 1. The zero-order valence-corrected chi connectivity index (χ0v) is 11.3. The zero-order valence-electron chi connectivity index (χ0n) is 8.91. The van der Waals surface area contributed by atoms with Crippen molar-refractivity contribution in [3.8, 4) is 0 Å². The van der Waals surface area contributed by atoms with Crippen LogP contribution in [0.4, 0.5) is 4.39 Å². The molecule has 1 N–H and O–H groups in total. The van der Waals surface area contributed by atoms with Crippen LogP contribution in [0.2, 0.25) is 5.02 Å². The van der Waals surface area contributed by atoms with Gasteiger partial charge >= 0.3 is 5.69 Å². The first-order chi connectivity index (χ1) is 8.47. The Labute approximate surface area is 114 Å². The normalized spacial score (nSPS) is 10.6. The third-order valence-electron chi connectivity index (χ3n) is 2.32. The number of rotatable bonds is 2. The van der Waals surface area contributed by atoms with Crippen molar-refractivity contribution in [2.45, 2.75) is 6.54 Å². The highest BCUT2D eigenvalue weighted by Gasteiger charge is 2.06. The van der Waals surface area contributed by atoms with Crippen molar-refractivity contribution in [3.05, 3.63) is 66.1 Å². The average Bonchev–Trinajstić information content (AvgIpc) is 2.29. The molecule has 0 fully saturated rings. The van der Waals surface area contributed by atoms with Crippen LogP contribution in [0.15, 0.2) is 38.5 Å². The highest BCUT2D eigenvalue weighted by molar-refractivity contribution is 9.10. The van der Waals surface area contributed by atoms with Crippen LogP contribution in [0.3, 0.4) is 0 Å². The zero-order chi connectivity index (χ0) is 13.3. The van der Waals surface area contributed by atoms with E-state index in [2.05, 4.69) is 20.9 Å². The highest BCUT2D eigenvalue weighted by Crippen LogP contribution is 2.18. The fourth-order valence-electron chi connectivity index (χ4n) is 1.43. The molecule has 0 aliphatic carbocycles. The van der Waals surface area contributed by atoms with Gasteiger partial charge < -0.3 is 0 Å². The molecule has 18 heavy (non-hydrogen) atoms. The van der Waals surface area contributed by atoms with E-state index in [9.17, 15) is 14.0 Å². The van der Waals surface area contributed by atoms with Gasteiger partial charge in [-0.1, -0.05) is 33.6 Å². The Morgan fingerprint density at radius 2 is 2.11 bits per heavy atom. The van der Waals surface area contributed by atoms with E-state index in [1.807, 2.05) is 0 Å². The number of benzene rings is 1. The van der Waals surface area contributed by atoms with Gasteiger partial charge in [0.15, 0.2) is 0 Å². The molecule has 0 aliphatic rings. The maximum absolute atomic E-state index is 12.9. The van der Waals surface area contributed by atoms with Crippen LogP contribution >= 0.6 is 27.5 Å². The molecule has 2 aromatic rings. The molecule has 1 aromatic heterocycles. The number of aromatic nitrogens is 2. The maximum Gasteiger partial charge on any atom is 0.328 e.